The van der Waals surface area contributed by atoms with Crippen molar-refractivity contribution in [2.75, 3.05) is 11.9 Å². The summed E-state index contributed by atoms with van der Waals surface area (Å²) in [4.78, 5) is 0. The Hall–Kier alpha value is -1.48. The Balaban J connectivity index is 2.24. The van der Waals surface area contributed by atoms with Crippen LogP contribution in [0.25, 0.3) is 0 Å². The molecule has 2 aromatic rings. The van der Waals surface area contributed by atoms with Crippen molar-refractivity contribution in [2.24, 2.45) is 0 Å². The quantitative estimate of drug-likeness (QED) is 0.755. The van der Waals surface area contributed by atoms with Crippen LogP contribution in [0.3, 0.4) is 0 Å². The maximum atomic E-state index is 5.71. The minimum absolute atomic E-state index is 0.188. The molecule has 0 radical (unpaired) electrons. The van der Waals surface area contributed by atoms with E-state index in [1.54, 1.807) is 0 Å². The number of hydrogen-bond donors (Lipinski definition) is 1. The van der Waals surface area contributed by atoms with E-state index in [1.165, 1.54) is 21.2 Å². The normalized spacial score (nSPS) is 12.0. The van der Waals surface area contributed by atoms with Crippen LogP contribution in [0.15, 0.2) is 40.9 Å². The fourth-order valence-corrected chi connectivity index (χ4v) is 2.71. The predicted molar refractivity (Wildman–Crippen MR) is 93.3 cm³/mol. The lowest BCUT2D eigenvalue weighted by Crippen LogP contribution is -2.09. The van der Waals surface area contributed by atoms with Crippen LogP contribution in [0.5, 0.6) is 5.75 Å². The Bertz CT molecular complexity index is 601. The maximum Gasteiger partial charge on any atom is 0.124 e. The van der Waals surface area contributed by atoms with Gasteiger partial charge in [0.05, 0.1) is 12.6 Å². The molecular formula is C18H22BrNO. The van der Waals surface area contributed by atoms with Crippen LogP contribution < -0.4 is 10.1 Å². The molecule has 0 amide bonds. The molecule has 2 nitrogen and oxygen atoms in total. The van der Waals surface area contributed by atoms with E-state index in [4.69, 9.17) is 4.74 Å². The van der Waals surface area contributed by atoms with E-state index in [1.807, 2.05) is 25.1 Å². The molecule has 112 valence electrons. The van der Waals surface area contributed by atoms with Crippen LogP contribution in [0, 0.1) is 13.8 Å². The molecule has 1 atom stereocenters. The topological polar surface area (TPSA) is 21.3 Å². The fraction of sp³-hybridized carbons (Fsp3) is 0.333. The molecular weight excluding hydrogens is 326 g/mol. The summed E-state index contributed by atoms with van der Waals surface area (Å²) in [6.45, 7) is 9.07. The van der Waals surface area contributed by atoms with Crippen LogP contribution in [0.4, 0.5) is 5.69 Å². The Morgan fingerprint density at radius 3 is 2.38 bits per heavy atom. The van der Waals surface area contributed by atoms with Crippen LogP contribution in [0.2, 0.25) is 0 Å². The summed E-state index contributed by atoms with van der Waals surface area (Å²) in [7, 11) is 0. The third-order valence-electron chi connectivity index (χ3n) is 3.50. The van der Waals surface area contributed by atoms with Gasteiger partial charge in [0.15, 0.2) is 0 Å². The van der Waals surface area contributed by atoms with Gasteiger partial charge in [0, 0.05) is 15.7 Å². The first-order chi connectivity index (χ1) is 10.0. The monoisotopic (exact) mass is 347 g/mol. The van der Waals surface area contributed by atoms with Gasteiger partial charge in [-0.25, -0.2) is 0 Å². The van der Waals surface area contributed by atoms with E-state index in [-0.39, 0.29) is 6.04 Å². The first-order valence-electron chi connectivity index (χ1n) is 7.28. The van der Waals surface area contributed by atoms with Gasteiger partial charge in [-0.3, -0.25) is 0 Å². The molecule has 0 heterocycles. The Labute approximate surface area is 135 Å². The average molecular weight is 348 g/mol. The van der Waals surface area contributed by atoms with E-state index in [0.29, 0.717) is 6.61 Å². The van der Waals surface area contributed by atoms with Gasteiger partial charge >= 0.3 is 0 Å². The number of aryl methyl sites for hydroxylation is 2. The molecule has 0 aliphatic carbocycles. The minimum Gasteiger partial charge on any atom is -0.494 e. The highest BCUT2D eigenvalue weighted by Gasteiger charge is 2.12. The number of nitrogens with one attached hydrogen (secondary N) is 1. The molecule has 0 aromatic heterocycles. The molecule has 1 N–H and O–H groups in total. The van der Waals surface area contributed by atoms with Gasteiger partial charge < -0.3 is 10.1 Å². The molecule has 21 heavy (non-hydrogen) atoms. The van der Waals surface area contributed by atoms with Crippen molar-refractivity contribution in [3.63, 3.8) is 0 Å². The summed E-state index contributed by atoms with van der Waals surface area (Å²) < 4.78 is 6.89. The van der Waals surface area contributed by atoms with Crippen molar-refractivity contribution in [3.05, 3.63) is 57.6 Å². The van der Waals surface area contributed by atoms with Crippen LogP contribution in [-0.2, 0) is 0 Å². The predicted octanol–water partition coefficient (Wildman–Crippen LogP) is 5.64. The average Bonchev–Trinajstić information content (AvgIpc) is 2.45. The highest BCUT2D eigenvalue weighted by Crippen LogP contribution is 2.30. The summed E-state index contributed by atoms with van der Waals surface area (Å²) in [5, 5.41) is 3.57. The number of anilines is 1. The van der Waals surface area contributed by atoms with Crippen molar-refractivity contribution < 1.29 is 4.74 Å². The number of ether oxygens (including phenoxy) is 1. The van der Waals surface area contributed by atoms with E-state index in [9.17, 15) is 0 Å². The first kappa shape index (κ1) is 15.9. The van der Waals surface area contributed by atoms with E-state index in [0.717, 1.165) is 11.4 Å². The van der Waals surface area contributed by atoms with Gasteiger partial charge in [0.1, 0.15) is 5.75 Å². The van der Waals surface area contributed by atoms with Gasteiger partial charge in [-0.15, -0.1) is 0 Å². The summed E-state index contributed by atoms with van der Waals surface area (Å²) in [5.41, 5.74) is 4.79. The van der Waals surface area contributed by atoms with Crippen molar-refractivity contribution in [3.8, 4) is 5.75 Å². The zero-order valence-electron chi connectivity index (χ0n) is 13.0. The molecule has 0 saturated carbocycles. The summed E-state index contributed by atoms with van der Waals surface area (Å²) in [5.74, 6) is 0.950. The van der Waals surface area contributed by atoms with Crippen LogP contribution >= 0.6 is 15.9 Å². The Morgan fingerprint density at radius 1 is 1.14 bits per heavy atom. The van der Waals surface area contributed by atoms with Gasteiger partial charge in [0.2, 0.25) is 0 Å². The second kappa shape index (κ2) is 6.99. The summed E-state index contributed by atoms with van der Waals surface area (Å²) >= 11 is 3.61. The Kier molecular flexibility index (Phi) is 5.29. The standard InChI is InChI=1S/C18H22BrNO/c1-5-21-17-9-7-6-8-16(17)14(4)20-15-10-12(2)18(19)13(3)11-15/h6-11,14,20H,5H2,1-4H3. The van der Waals surface area contributed by atoms with E-state index in [2.05, 4.69) is 60.2 Å². The third-order valence-corrected chi connectivity index (χ3v) is 4.76. The maximum absolute atomic E-state index is 5.71. The smallest absolute Gasteiger partial charge is 0.124 e. The molecule has 3 heteroatoms. The van der Waals surface area contributed by atoms with Crippen LogP contribution in [-0.4, -0.2) is 6.61 Å². The van der Waals surface area contributed by atoms with Crippen LogP contribution in [0.1, 0.15) is 36.6 Å². The second-order valence-electron chi connectivity index (χ2n) is 5.26. The molecule has 0 spiro atoms. The molecule has 0 bridgehead atoms. The van der Waals surface area contributed by atoms with Crippen molar-refractivity contribution in [1.29, 1.82) is 0 Å². The number of para-hydroxylation sites is 1. The van der Waals surface area contributed by atoms with Gasteiger partial charge in [-0.2, -0.15) is 0 Å². The molecule has 2 rings (SSSR count). The molecule has 0 fully saturated rings. The zero-order valence-corrected chi connectivity index (χ0v) is 14.6. The Morgan fingerprint density at radius 2 is 1.76 bits per heavy atom. The number of rotatable bonds is 5. The van der Waals surface area contributed by atoms with Crippen molar-refractivity contribution >= 4 is 21.6 Å². The lowest BCUT2D eigenvalue weighted by Gasteiger charge is -2.20. The molecule has 0 aliphatic rings. The second-order valence-corrected chi connectivity index (χ2v) is 6.05. The highest BCUT2D eigenvalue weighted by molar-refractivity contribution is 9.10. The number of benzene rings is 2. The van der Waals surface area contributed by atoms with Gasteiger partial charge in [0.25, 0.3) is 0 Å². The van der Waals surface area contributed by atoms with E-state index >= 15 is 0 Å². The highest BCUT2D eigenvalue weighted by atomic mass is 79.9. The number of halogens is 1. The van der Waals surface area contributed by atoms with Gasteiger partial charge in [-0.05, 0) is 57.0 Å². The SMILES string of the molecule is CCOc1ccccc1C(C)Nc1cc(C)c(Br)c(C)c1. The lowest BCUT2D eigenvalue weighted by atomic mass is 10.1. The molecule has 0 aliphatic heterocycles. The summed E-state index contributed by atoms with van der Waals surface area (Å²) in [6, 6.07) is 12.7. The minimum atomic E-state index is 0.188. The van der Waals surface area contributed by atoms with Crippen molar-refractivity contribution in [2.45, 2.75) is 33.7 Å². The fourth-order valence-electron chi connectivity index (χ4n) is 2.48. The number of hydrogen-bond acceptors (Lipinski definition) is 2. The van der Waals surface area contributed by atoms with Gasteiger partial charge in [-0.1, -0.05) is 34.1 Å². The summed E-state index contributed by atoms with van der Waals surface area (Å²) in [6.07, 6.45) is 0. The zero-order chi connectivity index (χ0) is 15.4. The van der Waals surface area contributed by atoms with Crippen molar-refractivity contribution in [1.82, 2.24) is 0 Å². The third kappa shape index (κ3) is 3.79. The largest absolute Gasteiger partial charge is 0.494 e. The first-order valence-corrected chi connectivity index (χ1v) is 8.07. The van der Waals surface area contributed by atoms with E-state index < -0.39 is 0 Å². The molecule has 1 unspecified atom stereocenters. The molecule has 0 saturated heterocycles. The lowest BCUT2D eigenvalue weighted by molar-refractivity contribution is 0.335. The molecule has 2 aromatic carbocycles.